The SMILES string of the molecule is CCC(C)c1ccc(OC(=O)CC2CCC3SC3C2)cc1. The Morgan fingerprint density at radius 1 is 1.29 bits per heavy atom. The molecule has 114 valence electrons. The average Bonchev–Trinajstić information content (AvgIpc) is 3.25. The Labute approximate surface area is 131 Å². The van der Waals surface area contributed by atoms with Crippen LogP contribution in [0.1, 0.15) is 57.4 Å². The molecule has 3 rings (SSSR count). The first kappa shape index (κ1) is 15.0. The van der Waals surface area contributed by atoms with Gasteiger partial charge in [0.2, 0.25) is 0 Å². The molecule has 0 amide bonds. The molecule has 1 heterocycles. The molecule has 3 heteroatoms. The summed E-state index contributed by atoms with van der Waals surface area (Å²) in [6.45, 7) is 4.40. The summed E-state index contributed by atoms with van der Waals surface area (Å²) in [6, 6.07) is 7.99. The monoisotopic (exact) mass is 304 g/mol. The highest BCUT2D eigenvalue weighted by molar-refractivity contribution is 8.07. The minimum absolute atomic E-state index is 0.0691. The molecule has 1 aromatic carbocycles. The molecule has 2 aliphatic rings. The van der Waals surface area contributed by atoms with Crippen molar-refractivity contribution in [2.45, 2.75) is 62.4 Å². The van der Waals surface area contributed by atoms with Crippen molar-refractivity contribution in [1.82, 2.24) is 0 Å². The Kier molecular flexibility index (Phi) is 4.58. The normalized spacial score (nSPS) is 28.6. The lowest BCUT2D eigenvalue weighted by molar-refractivity contribution is -0.135. The van der Waals surface area contributed by atoms with Crippen molar-refractivity contribution in [3.05, 3.63) is 29.8 Å². The number of rotatable bonds is 5. The molecule has 1 aliphatic carbocycles. The summed E-state index contributed by atoms with van der Waals surface area (Å²) < 4.78 is 5.49. The summed E-state index contributed by atoms with van der Waals surface area (Å²) in [7, 11) is 0. The van der Waals surface area contributed by atoms with Crippen LogP contribution in [0.25, 0.3) is 0 Å². The zero-order chi connectivity index (χ0) is 14.8. The molecule has 0 bridgehead atoms. The van der Waals surface area contributed by atoms with Crippen LogP contribution < -0.4 is 4.74 Å². The third kappa shape index (κ3) is 3.82. The predicted molar refractivity (Wildman–Crippen MR) is 87.9 cm³/mol. The average molecular weight is 304 g/mol. The molecular weight excluding hydrogens is 280 g/mol. The minimum Gasteiger partial charge on any atom is -0.427 e. The van der Waals surface area contributed by atoms with Crippen LogP contribution in [0.15, 0.2) is 24.3 Å². The Morgan fingerprint density at radius 2 is 2.05 bits per heavy atom. The van der Waals surface area contributed by atoms with Crippen molar-refractivity contribution >= 4 is 17.7 Å². The van der Waals surface area contributed by atoms with Gasteiger partial charge in [-0.3, -0.25) is 4.79 Å². The van der Waals surface area contributed by atoms with Gasteiger partial charge >= 0.3 is 5.97 Å². The predicted octanol–water partition coefficient (Wildman–Crippen LogP) is 4.78. The first-order valence-electron chi connectivity index (χ1n) is 8.11. The number of fused-ring (bicyclic) bond motifs is 1. The van der Waals surface area contributed by atoms with Crippen LogP contribution in [0.2, 0.25) is 0 Å². The van der Waals surface area contributed by atoms with Gasteiger partial charge in [-0.1, -0.05) is 26.0 Å². The van der Waals surface area contributed by atoms with Gasteiger partial charge in [0, 0.05) is 16.9 Å². The van der Waals surface area contributed by atoms with Crippen molar-refractivity contribution in [2.75, 3.05) is 0 Å². The number of esters is 1. The molecule has 0 aromatic heterocycles. The van der Waals surface area contributed by atoms with Crippen LogP contribution in [0.4, 0.5) is 0 Å². The molecule has 0 radical (unpaired) electrons. The lowest BCUT2D eigenvalue weighted by Crippen LogP contribution is -2.19. The van der Waals surface area contributed by atoms with Crippen molar-refractivity contribution in [3.8, 4) is 5.75 Å². The van der Waals surface area contributed by atoms with Crippen LogP contribution in [0, 0.1) is 5.92 Å². The summed E-state index contributed by atoms with van der Waals surface area (Å²) in [6.07, 6.45) is 5.39. The third-order valence-corrected chi connectivity index (χ3v) is 6.33. The maximum Gasteiger partial charge on any atom is 0.311 e. The number of hydrogen-bond acceptors (Lipinski definition) is 3. The van der Waals surface area contributed by atoms with E-state index in [2.05, 4.69) is 37.7 Å². The van der Waals surface area contributed by atoms with E-state index >= 15 is 0 Å². The maximum atomic E-state index is 12.0. The number of hydrogen-bond donors (Lipinski definition) is 0. The van der Waals surface area contributed by atoms with Crippen molar-refractivity contribution in [1.29, 1.82) is 0 Å². The van der Waals surface area contributed by atoms with Gasteiger partial charge in [-0.05, 0) is 55.2 Å². The van der Waals surface area contributed by atoms with Crippen molar-refractivity contribution in [3.63, 3.8) is 0 Å². The maximum absolute atomic E-state index is 12.0. The zero-order valence-electron chi connectivity index (χ0n) is 12.9. The second-order valence-corrected chi connectivity index (χ2v) is 7.93. The Bertz CT molecular complexity index is 496. The van der Waals surface area contributed by atoms with E-state index in [1.165, 1.54) is 24.8 Å². The molecule has 1 saturated carbocycles. The molecule has 1 aliphatic heterocycles. The lowest BCUT2D eigenvalue weighted by Gasteiger charge is -2.19. The van der Waals surface area contributed by atoms with Gasteiger partial charge in [0.1, 0.15) is 5.75 Å². The summed E-state index contributed by atoms with van der Waals surface area (Å²) in [4.78, 5) is 12.0. The highest BCUT2D eigenvalue weighted by atomic mass is 32.2. The molecular formula is C18H24O2S. The van der Waals surface area contributed by atoms with Crippen LogP contribution in [-0.4, -0.2) is 16.5 Å². The summed E-state index contributed by atoms with van der Waals surface area (Å²) in [5.74, 6) is 1.70. The van der Waals surface area contributed by atoms with E-state index in [1.807, 2.05) is 12.1 Å². The molecule has 0 spiro atoms. The van der Waals surface area contributed by atoms with Crippen molar-refractivity contribution < 1.29 is 9.53 Å². The molecule has 21 heavy (non-hydrogen) atoms. The standard InChI is InChI=1S/C18H24O2S/c1-3-12(2)14-5-7-15(8-6-14)20-18(19)11-13-4-9-16-17(10-13)21-16/h5-8,12-13,16-17H,3-4,9-11H2,1-2H3. The van der Waals surface area contributed by atoms with E-state index in [-0.39, 0.29) is 5.97 Å². The third-order valence-electron chi connectivity index (χ3n) is 4.86. The Hall–Kier alpha value is -0.960. The number of thioether (sulfide) groups is 1. The van der Waals surface area contributed by atoms with Gasteiger partial charge in [-0.15, -0.1) is 0 Å². The number of carbonyl (C=O) groups excluding carboxylic acids is 1. The largest absolute Gasteiger partial charge is 0.427 e. The van der Waals surface area contributed by atoms with E-state index in [9.17, 15) is 4.79 Å². The number of ether oxygens (including phenoxy) is 1. The van der Waals surface area contributed by atoms with E-state index < -0.39 is 0 Å². The second kappa shape index (κ2) is 6.43. The zero-order valence-corrected chi connectivity index (χ0v) is 13.7. The van der Waals surface area contributed by atoms with Crippen LogP contribution in [0.5, 0.6) is 5.75 Å². The molecule has 4 atom stereocenters. The van der Waals surface area contributed by atoms with Gasteiger partial charge in [-0.2, -0.15) is 11.8 Å². The molecule has 0 N–H and O–H groups in total. The van der Waals surface area contributed by atoms with E-state index in [0.717, 1.165) is 16.9 Å². The Morgan fingerprint density at radius 3 is 2.71 bits per heavy atom. The first-order valence-corrected chi connectivity index (χ1v) is 9.06. The minimum atomic E-state index is -0.0691. The van der Waals surface area contributed by atoms with Crippen LogP contribution >= 0.6 is 11.8 Å². The summed E-state index contributed by atoms with van der Waals surface area (Å²) in [5, 5.41) is 1.75. The lowest BCUT2D eigenvalue weighted by atomic mass is 9.87. The van der Waals surface area contributed by atoms with Gasteiger partial charge in [0.05, 0.1) is 0 Å². The van der Waals surface area contributed by atoms with Crippen LogP contribution in [0.3, 0.4) is 0 Å². The van der Waals surface area contributed by atoms with Gasteiger partial charge < -0.3 is 4.74 Å². The quantitative estimate of drug-likeness (QED) is 0.445. The highest BCUT2D eigenvalue weighted by Crippen LogP contribution is 2.52. The smallest absolute Gasteiger partial charge is 0.311 e. The van der Waals surface area contributed by atoms with E-state index in [1.54, 1.807) is 0 Å². The summed E-state index contributed by atoms with van der Waals surface area (Å²) >= 11 is 2.09. The number of carbonyl (C=O) groups is 1. The second-order valence-electron chi connectivity index (χ2n) is 6.45. The van der Waals surface area contributed by atoms with Gasteiger partial charge in [0.25, 0.3) is 0 Å². The first-order chi connectivity index (χ1) is 10.2. The van der Waals surface area contributed by atoms with Gasteiger partial charge in [-0.25, -0.2) is 0 Å². The molecule has 2 nitrogen and oxygen atoms in total. The fourth-order valence-corrected chi connectivity index (χ4v) is 4.44. The number of benzene rings is 1. The fourth-order valence-electron chi connectivity index (χ4n) is 3.18. The Balaban J connectivity index is 1.49. The summed E-state index contributed by atoms with van der Waals surface area (Å²) in [5.41, 5.74) is 1.31. The van der Waals surface area contributed by atoms with Crippen LogP contribution in [-0.2, 0) is 4.79 Å². The van der Waals surface area contributed by atoms with E-state index in [0.29, 0.717) is 24.0 Å². The van der Waals surface area contributed by atoms with Crippen molar-refractivity contribution in [2.24, 2.45) is 5.92 Å². The van der Waals surface area contributed by atoms with E-state index in [4.69, 9.17) is 4.74 Å². The van der Waals surface area contributed by atoms with Gasteiger partial charge in [0.15, 0.2) is 0 Å². The molecule has 1 saturated heterocycles. The fraction of sp³-hybridized carbons (Fsp3) is 0.611. The molecule has 2 fully saturated rings. The molecule has 1 aromatic rings. The molecule has 4 unspecified atom stereocenters. The highest BCUT2D eigenvalue weighted by Gasteiger charge is 2.43. The topological polar surface area (TPSA) is 26.3 Å².